The minimum atomic E-state index is 0.864. The molecule has 0 aliphatic carbocycles. The van der Waals surface area contributed by atoms with E-state index in [0.29, 0.717) is 0 Å². The highest BCUT2D eigenvalue weighted by atomic mass is 31.1. The van der Waals surface area contributed by atoms with Gasteiger partial charge in [-0.25, -0.2) is 0 Å². The van der Waals surface area contributed by atoms with Gasteiger partial charge in [-0.05, 0) is 48.8 Å². The lowest BCUT2D eigenvalue weighted by Crippen LogP contribution is -2.08. The molecule has 0 aromatic rings. The summed E-state index contributed by atoms with van der Waals surface area (Å²) in [6, 6.07) is 0. The van der Waals surface area contributed by atoms with E-state index in [0.717, 1.165) is 23.4 Å². The number of hydrogen-bond donors (Lipinski definition) is 0. The minimum absolute atomic E-state index is 0.864. The Labute approximate surface area is 131 Å². The van der Waals surface area contributed by atoms with E-state index in [1.807, 2.05) is 0 Å². The van der Waals surface area contributed by atoms with Gasteiger partial charge >= 0.3 is 0 Å². The van der Waals surface area contributed by atoms with Gasteiger partial charge < -0.3 is 0 Å². The molecule has 4 atom stereocenters. The smallest absolute Gasteiger partial charge is 0.0265 e. The molecule has 0 fully saturated rings. The Hall–Kier alpha value is 0.430. The van der Waals surface area contributed by atoms with Crippen molar-refractivity contribution in [3.8, 4) is 0 Å². The van der Waals surface area contributed by atoms with E-state index in [4.69, 9.17) is 0 Å². The highest BCUT2D eigenvalue weighted by Gasteiger charge is 2.13. The van der Waals surface area contributed by atoms with E-state index in [-0.39, 0.29) is 0 Å². The molecule has 0 aromatic heterocycles. The predicted molar refractivity (Wildman–Crippen MR) is 98.4 cm³/mol. The van der Waals surface area contributed by atoms with Crippen LogP contribution in [0.25, 0.3) is 0 Å². The fourth-order valence-corrected chi connectivity index (χ4v) is 4.52. The average Bonchev–Trinajstić information content (AvgIpc) is 2.38. The fourth-order valence-electron chi connectivity index (χ4n) is 3.33. The predicted octanol–water partition coefficient (Wildman–Crippen LogP) is 7.12. The van der Waals surface area contributed by atoms with Gasteiger partial charge in [0.1, 0.15) is 0 Å². The molecule has 0 rings (SSSR count). The molecule has 0 amide bonds. The van der Waals surface area contributed by atoms with Crippen LogP contribution in [0.2, 0.25) is 0 Å². The molecule has 0 aromatic carbocycles. The van der Waals surface area contributed by atoms with Crippen molar-refractivity contribution >= 4 is 8.58 Å². The summed E-state index contributed by atoms with van der Waals surface area (Å²) in [6.45, 7) is 14.3. The zero-order chi connectivity index (χ0) is 15.4. The maximum atomic E-state index is 2.45. The van der Waals surface area contributed by atoms with Crippen molar-refractivity contribution < 1.29 is 0 Å². The van der Waals surface area contributed by atoms with Gasteiger partial charge in [0.25, 0.3) is 0 Å². The molecule has 0 bridgehead atoms. The van der Waals surface area contributed by atoms with Gasteiger partial charge in [0.05, 0.1) is 0 Å². The molecular formula is C19H41P. The molecule has 20 heavy (non-hydrogen) atoms. The summed E-state index contributed by atoms with van der Waals surface area (Å²) >= 11 is 0. The molecule has 1 heteroatoms. The van der Waals surface area contributed by atoms with Gasteiger partial charge in [-0.2, -0.15) is 0 Å². The zero-order valence-electron chi connectivity index (χ0n) is 15.2. The fraction of sp³-hybridized carbons (Fsp3) is 1.00. The molecule has 0 nitrogen and oxygen atoms in total. The zero-order valence-corrected chi connectivity index (χ0v) is 16.2. The third-order valence-electron chi connectivity index (χ3n) is 4.43. The van der Waals surface area contributed by atoms with Crippen molar-refractivity contribution in [2.24, 2.45) is 17.8 Å². The molecular weight excluding hydrogens is 259 g/mol. The van der Waals surface area contributed by atoms with Crippen LogP contribution >= 0.6 is 8.58 Å². The second kappa shape index (κ2) is 13.1. The van der Waals surface area contributed by atoms with Crippen LogP contribution in [-0.2, 0) is 0 Å². The van der Waals surface area contributed by atoms with Crippen molar-refractivity contribution in [3.63, 3.8) is 0 Å². The third kappa shape index (κ3) is 12.2. The van der Waals surface area contributed by atoms with E-state index in [2.05, 4.69) is 41.5 Å². The van der Waals surface area contributed by atoms with Gasteiger partial charge in [0.2, 0.25) is 0 Å². The first-order valence-electron chi connectivity index (χ1n) is 9.22. The average molecular weight is 301 g/mol. The van der Waals surface area contributed by atoms with Crippen molar-refractivity contribution in [2.45, 2.75) is 98.6 Å². The van der Waals surface area contributed by atoms with E-state index < -0.39 is 0 Å². The Morgan fingerprint density at radius 2 is 1.50 bits per heavy atom. The quantitative estimate of drug-likeness (QED) is 0.251. The first-order valence-corrected chi connectivity index (χ1v) is 10.5. The molecule has 0 aliphatic rings. The monoisotopic (exact) mass is 300 g/mol. The van der Waals surface area contributed by atoms with Gasteiger partial charge in [0, 0.05) is 0 Å². The number of rotatable bonds is 13. The second-order valence-electron chi connectivity index (χ2n) is 7.38. The summed E-state index contributed by atoms with van der Waals surface area (Å²) in [5.41, 5.74) is 0.981. The summed E-state index contributed by atoms with van der Waals surface area (Å²) in [6.07, 6.45) is 12.9. The van der Waals surface area contributed by atoms with E-state index in [1.165, 1.54) is 66.1 Å². The summed E-state index contributed by atoms with van der Waals surface area (Å²) in [7, 11) is 1.21. The minimum Gasteiger partial charge on any atom is -0.119 e. The van der Waals surface area contributed by atoms with Crippen molar-refractivity contribution in [1.29, 1.82) is 0 Å². The van der Waals surface area contributed by atoms with E-state index in [9.17, 15) is 0 Å². The van der Waals surface area contributed by atoms with Crippen LogP contribution in [0.3, 0.4) is 0 Å². The van der Waals surface area contributed by atoms with E-state index >= 15 is 0 Å². The highest BCUT2D eigenvalue weighted by Crippen LogP contribution is 2.28. The molecule has 0 spiro atoms. The Kier molecular flexibility index (Phi) is 13.4. The number of unbranched alkanes of at least 4 members (excludes halogenated alkanes) is 1. The first kappa shape index (κ1) is 20.4. The van der Waals surface area contributed by atoms with Crippen molar-refractivity contribution in [3.05, 3.63) is 0 Å². The molecule has 0 N–H and O–H groups in total. The largest absolute Gasteiger partial charge is 0.119 e. The summed E-state index contributed by atoms with van der Waals surface area (Å²) < 4.78 is 0. The standard InChI is InChI=1S/C19H41P/c1-7-13-20-18(6)11-9-10-12-19(8-2)15-17(5)14-16(3)4/h16-20H,7-15H2,1-6H3. The van der Waals surface area contributed by atoms with Gasteiger partial charge in [-0.3, -0.25) is 0 Å². The molecule has 0 saturated carbocycles. The van der Waals surface area contributed by atoms with Gasteiger partial charge in [-0.1, -0.05) is 73.6 Å². The Balaban J connectivity index is 3.68. The molecule has 0 heterocycles. The summed E-state index contributed by atoms with van der Waals surface area (Å²) in [5, 5.41) is 0. The van der Waals surface area contributed by atoms with Crippen LogP contribution in [0, 0.1) is 17.8 Å². The van der Waals surface area contributed by atoms with Gasteiger partial charge in [0.15, 0.2) is 0 Å². The van der Waals surface area contributed by atoms with Crippen LogP contribution in [0.15, 0.2) is 0 Å². The summed E-state index contributed by atoms with van der Waals surface area (Å²) in [4.78, 5) is 0. The maximum Gasteiger partial charge on any atom is -0.0265 e. The Bertz CT molecular complexity index is 200. The van der Waals surface area contributed by atoms with Crippen molar-refractivity contribution in [2.75, 3.05) is 6.16 Å². The van der Waals surface area contributed by atoms with Crippen LogP contribution in [0.4, 0.5) is 0 Å². The topological polar surface area (TPSA) is 0 Å². The number of hydrogen-bond acceptors (Lipinski definition) is 0. The van der Waals surface area contributed by atoms with Crippen LogP contribution in [-0.4, -0.2) is 11.8 Å². The van der Waals surface area contributed by atoms with Crippen LogP contribution < -0.4 is 0 Å². The van der Waals surface area contributed by atoms with Crippen LogP contribution in [0.1, 0.15) is 92.9 Å². The summed E-state index contributed by atoms with van der Waals surface area (Å²) in [5.74, 6) is 2.77. The van der Waals surface area contributed by atoms with Gasteiger partial charge in [-0.15, -0.1) is 8.58 Å². The maximum absolute atomic E-state index is 2.45. The molecule has 0 aliphatic heterocycles. The lowest BCUT2D eigenvalue weighted by Gasteiger charge is -2.21. The van der Waals surface area contributed by atoms with Crippen LogP contribution in [0.5, 0.6) is 0 Å². The lowest BCUT2D eigenvalue weighted by atomic mass is 9.85. The third-order valence-corrected chi connectivity index (χ3v) is 6.20. The molecule has 0 saturated heterocycles. The Morgan fingerprint density at radius 3 is 2.05 bits per heavy atom. The SMILES string of the molecule is CCCPC(C)CCCCC(CC)CC(C)CC(C)C. The molecule has 0 radical (unpaired) electrons. The molecule has 4 unspecified atom stereocenters. The second-order valence-corrected chi connectivity index (χ2v) is 9.28. The van der Waals surface area contributed by atoms with Crippen molar-refractivity contribution in [1.82, 2.24) is 0 Å². The lowest BCUT2D eigenvalue weighted by molar-refractivity contribution is 0.314. The highest BCUT2D eigenvalue weighted by molar-refractivity contribution is 7.38. The molecule has 122 valence electrons. The normalized spacial score (nSPS) is 16.9. The van der Waals surface area contributed by atoms with E-state index in [1.54, 1.807) is 0 Å². The Morgan fingerprint density at radius 1 is 0.850 bits per heavy atom. The first-order chi connectivity index (χ1) is 9.49.